The molecule has 0 fully saturated rings. The van der Waals surface area contributed by atoms with Gasteiger partial charge in [0.15, 0.2) is 9.84 Å². The summed E-state index contributed by atoms with van der Waals surface area (Å²) in [5.74, 6) is -0.348. The third-order valence-corrected chi connectivity index (χ3v) is 5.42. The minimum absolute atomic E-state index is 0.202. The van der Waals surface area contributed by atoms with Crippen LogP contribution in [0.2, 0.25) is 0 Å². The predicted molar refractivity (Wildman–Crippen MR) is 98.2 cm³/mol. The zero-order chi connectivity index (χ0) is 18.2. The van der Waals surface area contributed by atoms with Gasteiger partial charge in [-0.05, 0) is 69.5 Å². The molecule has 2 aromatic carbocycles. The maximum atomic E-state index is 13.2. The number of benzene rings is 2. The fraction of sp³-hybridized carbons (Fsp3) is 0.0526. The van der Waals surface area contributed by atoms with Crippen molar-refractivity contribution >= 4 is 25.8 Å². The number of nitrogens with zero attached hydrogens (tertiary/aromatic N) is 1. The van der Waals surface area contributed by atoms with E-state index in [2.05, 4.69) is 20.9 Å². The summed E-state index contributed by atoms with van der Waals surface area (Å²) < 4.78 is 36.8. The van der Waals surface area contributed by atoms with Crippen LogP contribution in [0.4, 0.5) is 4.39 Å². The smallest absolute Gasteiger partial charge is 0.175 e. The molecule has 0 aliphatic rings. The van der Waals surface area contributed by atoms with Crippen molar-refractivity contribution in [2.45, 2.75) is 4.90 Å². The Labute approximate surface area is 154 Å². The molecule has 0 N–H and O–H groups in total. The van der Waals surface area contributed by atoms with Crippen molar-refractivity contribution in [3.8, 4) is 22.4 Å². The van der Waals surface area contributed by atoms with Gasteiger partial charge in [-0.3, -0.25) is 0 Å². The zero-order valence-corrected chi connectivity index (χ0v) is 15.5. The Morgan fingerprint density at radius 1 is 1.00 bits per heavy atom. The first-order chi connectivity index (χ1) is 11.8. The Morgan fingerprint density at radius 2 is 1.56 bits per heavy atom. The molecule has 0 unspecified atom stereocenters. The minimum Gasteiger partial charge on any atom is -0.240 e. The molecule has 0 saturated heterocycles. The van der Waals surface area contributed by atoms with E-state index >= 15 is 0 Å². The number of halogens is 2. The summed E-state index contributed by atoms with van der Waals surface area (Å²) in [6.07, 6.45) is 1.15. The first-order valence-corrected chi connectivity index (χ1v) is 9.93. The van der Waals surface area contributed by atoms with Crippen molar-refractivity contribution in [2.24, 2.45) is 0 Å². The molecule has 25 heavy (non-hydrogen) atoms. The molecule has 1 aromatic heterocycles. The summed E-state index contributed by atoms with van der Waals surface area (Å²) in [4.78, 5) is 4.63. The molecule has 6 heteroatoms. The number of aromatic nitrogens is 1. The van der Waals surface area contributed by atoms with Crippen LogP contribution < -0.4 is 0 Å². The van der Waals surface area contributed by atoms with Crippen LogP contribution in [0.5, 0.6) is 0 Å². The lowest BCUT2D eigenvalue weighted by Crippen LogP contribution is -1.97. The van der Waals surface area contributed by atoms with Crippen molar-refractivity contribution in [3.63, 3.8) is 0 Å². The molecule has 1 heterocycles. The molecule has 0 atom stereocenters. The second-order valence-corrected chi connectivity index (χ2v) is 8.29. The molecule has 3 radical (unpaired) electrons. The van der Waals surface area contributed by atoms with E-state index < -0.39 is 9.84 Å². The summed E-state index contributed by atoms with van der Waals surface area (Å²) in [6, 6.07) is 13.9. The van der Waals surface area contributed by atoms with Crippen LogP contribution in [0.1, 0.15) is 5.56 Å². The fourth-order valence-electron chi connectivity index (χ4n) is 2.42. The summed E-state index contributed by atoms with van der Waals surface area (Å²) in [5.41, 5.74) is 2.87. The summed E-state index contributed by atoms with van der Waals surface area (Å²) in [5, 5.41) is 0. The van der Waals surface area contributed by atoms with Gasteiger partial charge >= 0.3 is 0 Å². The Morgan fingerprint density at radius 3 is 2.12 bits per heavy atom. The minimum atomic E-state index is -3.29. The average Bonchev–Trinajstić information content (AvgIpc) is 2.57. The van der Waals surface area contributed by atoms with Gasteiger partial charge in [0.2, 0.25) is 0 Å². The highest BCUT2D eigenvalue weighted by Gasteiger charge is 2.14. The first kappa shape index (κ1) is 17.8. The lowest BCUT2D eigenvalue weighted by molar-refractivity contribution is 0.602. The zero-order valence-electron chi connectivity index (χ0n) is 13.1. The van der Waals surface area contributed by atoms with E-state index in [0.717, 1.165) is 11.8 Å². The van der Waals surface area contributed by atoms with Crippen molar-refractivity contribution in [1.82, 2.24) is 4.98 Å². The van der Waals surface area contributed by atoms with Crippen molar-refractivity contribution < 1.29 is 12.8 Å². The quantitative estimate of drug-likeness (QED) is 0.583. The molecule has 3 aromatic rings. The third kappa shape index (κ3) is 3.80. The Balaban J connectivity index is 2.18. The monoisotopic (exact) mass is 416 g/mol. The van der Waals surface area contributed by atoms with Gasteiger partial charge in [0.1, 0.15) is 10.4 Å². The van der Waals surface area contributed by atoms with E-state index in [-0.39, 0.29) is 16.3 Å². The van der Waals surface area contributed by atoms with Gasteiger partial charge in [-0.25, -0.2) is 17.8 Å². The second kappa shape index (κ2) is 6.69. The Hall–Kier alpha value is -2.05. The SMILES string of the molecule is [C]c1cc(-c2ccc(S(C)(=O)=O)cc2)c(-c2ccc(F)cc2)nc1Br. The molecule has 0 spiro atoms. The molecule has 125 valence electrons. The Bertz CT molecular complexity index is 1030. The van der Waals surface area contributed by atoms with Crippen molar-refractivity contribution in [2.75, 3.05) is 6.26 Å². The number of pyridine rings is 1. The third-order valence-electron chi connectivity index (χ3n) is 3.69. The molecule has 0 aliphatic carbocycles. The van der Waals surface area contributed by atoms with E-state index in [1.807, 2.05) is 0 Å². The van der Waals surface area contributed by atoms with Crippen LogP contribution in [0, 0.1) is 12.7 Å². The highest BCUT2D eigenvalue weighted by molar-refractivity contribution is 9.10. The van der Waals surface area contributed by atoms with Gasteiger partial charge in [0.05, 0.1) is 10.6 Å². The maximum Gasteiger partial charge on any atom is 0.175 e. The van der Waals surface area contributed by atoms with Gasteiger partial charge < -0.3 is 0 Å². The largest absolute Gasteiger partial charge is 0.240 e. The second-order valence-electron chi connectivity index (χ2n) is 5.53. The van der Waals surface area contributed by atoms with E-state index in [4.69, 9.17) is 6.92 Å². The van der Waals surface area contributed by atoms with Gasteiger partial charge in [-0.1, -0.05) is 12.1 Å². The van der Waals surface area contributed by atoms with Crippen LogP contribution in [0.25, 0.3) is 22.4 Å². The number of hydrogen-bond acceptors (Lipinski definition) is 3. The summed E-state index contributed by atoms with van der Waals surface area (Å²) >= 11 is 3.25. The maximum absolute atomic E-state index is 13.2. The lowest BCUT2D eigenvalue weighted by Gasteiger charge is -2.12. The normalized spacial score (nSPS) is 11.5. The van der Waals surface area contributed by atoms with Crippen LogP contribution in [-0.4, -0.2) is 19.7 Å². The number of hydrogen-bond donors (Lipinski definition) is 0. The highest BCUT2D eigenvalue weighted by atomic mass is 79.9. The lowest BCUT2D eigenvalue weighted by atomic mass is 9.98. The van der Waals surface area contributed by atoms with E-state index in [1.165, 1.54) is 24.3 Å². The van der Waals surface area contributed by atoms with Crippen molar-refractivity contribution in [1.29, 1.82) is 0 Å². The van der Waals surface area contributed by atoms with Gasteiger partial charge in [0, 0.05) is 24.3 Å². The van der Waals surface area contributed by atoms with Gasteiger partial charge in [0.25, 0.3) is 0 Å². The van der Waals surface area contributed by atoms with E-state index in [0.29, 0.717) is 21.4 Å². The summed E-state index contributed by atoms with van der Waals surface area (Å²) in [7, 11) is -3.29. The van der Waals surface area contributed by atoms with E-state index in [1.54, 1.807) is 30.3 Å². The van der Waals surface area contributed by atoms with Crippen LogP contribution >= 0.6 is 15.9 Å². The first-order valence-electron chi connectivity index (χ1n) is 7.24. The van der Waals surface area contributed by atoms with Crippen molar-refractivity contribution in [3.05, 3.63) is 77.5 Å². The van der Waals surface area contributed by atoms with Crippen LogP contribution in [-0.2, 0) is 9.84 Å². The fourth-order valence-corrected chi connectivity index (χ4v) is 3.34. The molecule has 0 bridgehead atoms. The van der Waals surface area contributed by atoms with E-state index in [9.17, 15) is 12.8 Å². The Kier molecular flexibility index (Phi) is 4.75. The van der Waals surface area contributed by atoms with Crippen LogP contribution in [0.15, 0.2) is 64.1 Å². The van der Waals surface area contributed by atoms with Crippen LogP contribution in [0.3, 0.4) is 0 Å². The predicted octanol–water partition coefficient (Wildman–Crippen LogP) is 4.66. The number of rotatable bonds is 3. The van der Waals surface area contributed by atoms with Gasteiger partial charge in [-0.15, -0.1) is 0 Å². The topological polar surface area (TPSA) is 47.0 Å². The number of sulfone groups is 1. The van der Waals surface area contributed by atoms with Gasteiger partial charge in [-0.2, -0.15) is 0 Å². The molecule has 0 aliphatic heterocycles. The molecule has 0 amide bonds. The molecular weight excluding hydrogens is 405 g/mol. The highest BCUT2D eigenvalue weighted by Crippen LogP contribution is 2.34. The molecule has 0 saturated carbocycles. The molecular formula is C19H12BrFNO2S. The standard InChI is InChI=1S/C19H12BrFNO2S/c1-12-11-17(13-5-9-16(10-6-13)25(2,23)24)18(22-19(12)20)14-3-7-15(21)8-4-14/h3-11H,2H3. The average molecular weight is 417 g/mol. The summed E-state index contributed by atoms with van der Waals surface area (Å²) in [6.45, 7) is 7.98. The molecule has 3 nitrogen and oxygen atoms in total. The molecule has 3 rings (SSSR count).